The van der Waals surface area contributed by atoms with Gasteiger partial charge in [-0.1, -0.05) is 25.6 Å². The van der Waals surface area contributed by atoms with Crippen molar-refractivity contribution < 1.29 is 0 Å². The normalized spacial score (nSPS) is 53.7. The molecule has 0 amide bonds. The smallest absolute Gasteiger partial charge is 0.157 e. The minimum atomic E-state index is 0.388. The van der Waals surface area contributed by atoms with Gasteiger partial charge in [0.1, 0.15) is 0 Å². The molecule has 1 N–H and O–H groups in total. The standard InChI is InChI=1S/C15H24N2S/c1-13-5-11-6-14(2,8-13)10-15(7-11,9-13)17-12-16-3-4-18-12/h11H,3-10H2,1-2H3,(H,16,17). The van der Waals surface area contributed by atoms with Crippen molar-refractivity contribution in [2.75, 3.05) is 12.3 Å². The second kappa shape index (κ2) is 3.47. The van der Waals surface area contributed by atoms with Crippen LogP contribution in [0.2, 0.25) is 0 Å². The van der Waals surface area contributed by atoms with E-state index in [0.29, 0.717) is 16.4 Å². The number of nitrogens with zero attached hydrogens (tertiary/aromatic N) is 1. The van der Waals surface area contributed by atoms with Gasteiger partial charge in [0.25, 0.3) is 0 Å². The van der Waals surface area contributed by atoms with Gasteiger partial charge < -0.3 is 5.32 Å². The molecule has 2 atom stereocenters. The van der Waals surface area contributed by atoms with Gasteiger partial charge in [-0.05, 0) is 55.3 Å². The first-order valence-corrected chi connectivity index (χ1v) is 8.42. The maximum Gasteiger partial charge on any atom is 0.157 e. The van der Waals surface area contributed by atoms with Crippen molar-refractivity contribution >= 4 is 16.9 Å². The fourth-order valence-corrected chi connectivity index (χ4v) is 7.07. The van der Waals surface area contributed by atoms with E-state index in [1.54, 1.807) is 0 Å². The summed E-state index contributed by atoms with van der Waals surface area (Å²) in [5.41, 5.74) is 1.59. The fraction of sp³-hybridized carbons (Fsp3) is 0.933. The van der Waals surface area contributed by atoms with E-state index >= 15 is 0 Å². The number of nitrogens with one attached hydrogen (secondary N) is 1. The van der Waals surface area contributed by atoms with Crippen molar-refractivity contribution in [2.24, 2.45) is 21.7 Å². The van der Waals surface area contributed by atoms with E-state index in [-0.39, 0.29) is 0 Å². The summed E-state index contributed by atoms with van der Waals surface area (Å²) >= 11 is 1.93. The molecule has 5 rings (SSSR count). The number of rotatable bonds is 1. The van der Waals surface area contributed by atoms with E-state index in [9.17, 15) is 0 Å². The van der Waals surface area contributed by atoms with Crippen molar-refractivity contribution in [2.45, 2.75) is 57.9 Å². The van der Waals surface area contributed by atoms with Crippen LogP contribution < -0.4 is 5.32 Å². The van der Waals surface area contributed by atoms with Gasteiger partial charge in [-0.3, -0.25) is 4.99 Å². The topological polar surface area (TPSA) is 24.4 Å². The number of thioether (sulfide) groups is 1. The number of hydrogen-bond donors (Lipinski definition) is 1. The third-order valence-electron chi connectivity index (χ3n) is 5.58. The lowest BCUT2D eigenvalue weighted by Gasteiger charge is -2.65. The monoisotopic (exact) mass is 264 g/mol. The molecule has 4 fully saturated rings. The molecule has 3 heteroatoms. The predicted molar refractivity (Wildman–Crippen MR) is 78.0 cm³/mol. The maximum atomic E-state index is 4.63. The molecule has 2 nitrogen and oxygen atoms in total. The summed E-state index contributed by atoms with van der Waals surface area (Å²) in [5, 5.41) is 5.13. The quantitative estimate of drug-likeness (QED) is 0.784. The van der Waals surface area contributed by atoms with Gasteiger partial charge in [-0.25, -0.2) is 0 Å². The van der Waals surface area contributed by atoms with Crippen molar-refractivity contribution in [1.82, 2.24) is 5.32 Å². The van der Waals surface area contributed by atoms with E-state index in [0.717, 1.165) is 12.5 Å². The summed E-state index contributed by atoms with van der Waals surface area (Å²) in [6, 6.07) is 0. The van der Waals surface area contributed by atoms with Crippen LogP contribution in [0, 0.1) is 16.7 Å². The van der Waals surface area contributed by atoms with Gasteiger partial charge >= 0.3 is 0 Å². The zero-order valence-corrected chi connectivity index (χ0v) is 12.4. The van der Waals surface area contributed by atoms with Gasteiger partial charge in [0.2, 0.25) is 0 Å². The highest BCUT2D eigenvalue weighted by Gasteiger charge is 2.60. The van der Waals surface area contributed by atoms with Gasteiger partial charge in [0, 0.05) is 11.3 Å². The largest absolute Gasteiger partial charge is 0.359 e. The molecule has 18 heavy (non-hydrogen) atoms. The molecule has 100 valence electrons. The second-order valence-corrected chi connectivity index (χ2v) is 9.15. The highest BCUT2D eigenvalue weighted by Crippen LogP contribution is 2.66. The molecule has 0 aromatic heterocycles. The molecule has 1 aliphatic heterocycles. The summed E-state index contributed by atoms with van der Waals surface area (Å²) in [4.78, 5) is 4.63. The van der Waals surface area contributed by atoms with Crippen LogP contribution in [-0.4, -0.2) is 23.0 Å². The molecular weight excluding hydrogens is 240 g/mol. The number of hydrogen-bond acceptors (Lipinski definition) is 3. The Hall–Kier alpha value is -0.180. The zero-order chi connectivity index (χ0) is 12.4. The molecule has 5 aliphatic rings. The Morgan fingerprint density at radius 1 is 1.11 bits per heavy atom. The van der Waals surface area contributed by atoms with Crippen LogP contribution in [0.15, 0.2) is 4.99 Å². The Morgan fingerprint density at radius 3 is 2.39 bits per heavy atom. The third-order valence-corrected chi connectivity index (χ3v) is 6.48. The van der Waals surface area contributed by atoms with Crippen molar-refractivity contribution in [3.8, 4) is 0 Å². The predicted octanol–water partition coefficient (Wildman–Crippen LogP) is 3.43. The Balaban J connectivity index is 1.64. The lowest BCUT2D eigenvalue weighted by Crippen LogP contribution is -2.64. The van der Waals surface area contributed by atoms with Crippen LogP contribution in [0.25, 0.3) is 0 Å². The number of aliphatic imine (C=N–C) groups is 1. The molecule has 0 saturated heterocycles. The van der Waals surface area contributed by atoms with E-state index in [2.05, 4.69) is 24.2 Å². The summed E-state index contributed by atoms with van der Waals surface area (Å²) in [5.74, 6) is 2.15. The SMILES string of the molecule is CC12CC3CC(C)(C1)CC(NC1=NCCS1)(C3)C2. The summed E-state index contributed by atoms with van der Waals surface area (Å²) in [7, 11) is 0. The van der Waals surface area contributed by atoms with Crippen LogP contribution in [0.1, 0.15) is 52.4 Å². The van der Waals surface area contributed by atoms with Gasteiger partial charge in [-0.2, -0.15) is 0 Å². The molecule has 4 saturated carbocycles. The Morgan fingerprint density at radius 2 is 1.83 bits per heavy atom. The molecule has 0 radical (unpaired) electrons. The van der Waals surface area contributed by atoms with E-state index in [4.69, 9.17) is 0 Å². The van der Waals surface area contributed by atoms with Gasteiger partial charge in [0.15, 0.2) is 5.17 Å². The molecule has 0 aromatic carbocycles. The molecule has 4 bridgehead atoms. The van der Waals surface area contributed by atoms with Crippen molar-refractivity contribution in [3.63, 3.8) is 0 Å². The minimum Gasteiger partial charge on any atom is -0.359 e. The molecule has 2 unspecified atom stereocenters. The van der Waals surface area contributed by atoms with Gasteiger partial charge in [0.05, 0.1) is 6.54 Å². The third kappa shape index (κ3) is 1.73. The van der Waals surface area contributed by atoms with Crippen molar-refractivity contribution in [3.05, 3.63) is 0 Å². The molecule has 0 aromatic rings. The highest BCUT2D eigenvalue weighted by atomic mass is 32.2. The minimum absolute atomic E-state index is 0.388. The maximum absolute atomic E-state index is 4.63. The average Bonchev–Trinajstić information content (AvgIpc) is 2.62. The molecule has 4 aliphatic carbocycles. The lowest BCUT2D eigenvalue weighted by atomic mass is 9.43. The first kappa shape index (κ1) is 11.6. The van der Waals surface area contributed by atoms with E-state index in [1.807, 2.05) is 11.8 Å². The molecular formula is C15H24N2S. The summed E-state index contributed by atoms with van der Waals surface area (Å²) < 4.78 is 0. The summed E-state index contributed by atoms with van der Waals surface area (Å²) in [6.07, 6.45) is 8.58. The van der Waals surface area contributed by atoms with Crippen LogP contribution in [0.4, 0.5) is 0 Å². The Bertz CT molecular complexity index is 399. The Kier molecular flexibility index (Phi) is 2.24. The van der Waals surface area contributed by atoms with Crippen molar-refractivity contribution in [1.29, 1.82) is 0 Å². The first-order chi connectivity index (χ1) is 8.49. The molecule has 0 spiro atoms. The molecule has 1 heterocycles. The second-order valence-electron chi connectivity index (χ2n) is 8.07. The van der Waals surface area contributed by atoms with Crippen LogP contribution in [0.5, 0.6) is 0 Å². The van der Waals surface area contributed by atoms with Crippen LogP contribution >= 0.6 is 11.8 Å². The van der Waals surface area contributed by atoms with E-state index in [1.165, 1.54) is 49.4 Å². The fourth-order valence-electron chi connectivity index (χ4n) is 6.22. The zero-order valence-electron chi connectivity index (χ0n) is 11.6. The first-order valence-electron chi connectivity index (χ1n) is 7.44. The van der Waals surface area contributed by atoms with Crippen LogP contribution in [0.3, 0.4) is 0 Å². The summed E-state index contributed by atoms with van der Waals surface area (Å²) in [6.45, 7) is 6.09. The van der Waals surface area contributed by atoms with Crippen LogP contribution in [-0.2, 0) is 0 Å². The highest BCUT2D eigenvalue weighted by molar-refractivity contribution is 8.14. The Labute approximate surface area is 114 Å². The lowest BCUT2D eigenvalue weighted by molar-refractivity contribution is -0.111. The van der Waals surface area contributed by atoms with E-state index < -0.39 is 0 Å². The number of amidine groups is 1. The van der Waals surface area contributed by atoms with Gasteiger partial charge in [-0.15, -0.1) is 0 Å². The average molecular weight is 264 g/mol.